The van der Waals surface area contributed by atoms with Crippen LogP contribution in [-0.2, 0) is 16.2 Å². The summed E-state index contributed by atoms with van der Waals surface area (Å²) in [6.45, 7) is 20.8. The highest BCUT2D eigenvalue weighted by molar-refractivity contribution is 6.99. The van der Waals surface area contributed by atoms with Crippen LogP contribution in [0.3, 0.4) is 0 Å². The minimum absolute atomic E-state index is 0.00603. The average Bonchev–Trinajstić information content (AvgIpc) is 1.20. The predicted octanol–water partition coefficient (Wildman–Crippen LogP) is 20.6. The van der Waals surface area contributed by atoms with E-state index in [1.165, 1.54) is 76.5 Å². The number of aromatic nitrogens is 3. The van der Waals surface area contributed by atoms with Gasteiger partial charge in [0, 0.05) is 66.6 Å². The number of hydrogen-bond donors (Lipinski definition) is 0. The maximum atomic E-state index is 7.36. The van der Waals surface area contributed by atoms with Gasteiger partial charge in [0.2, 0.25) is 0 Å². The van der Waals surface area contributed by atoms with Crippen molar-refractivity contribution in [2.45, 2.75) is 78.6 Å². The molecule has 2 aliphatic heterocycles. The third-order valence-electron chi connectivity index (χ3n) is 19.6. The molecule has 12 aromatic carbocycles. The van der Waals surface area contributed by atoms with Crippen molar-refractivity contribution >= 4 is 106 Å². The van der Waals surface area contributed by atoms with Crippen LogP contribution in [0.25, 0.3) is 105 Å². The number of fused-ring (bicyclic) bond motifs is 13. The van der Waals surface area contributed by atoms with Gasteiger partial charge in [-0.05, 0) is 151 Å². The highest BCUT2D eigenvalue weighted by Gasteiger charge is 2.43. The lowest BCUT2D eigenvalue weighted by Gasteiger charge is -2.41. The third kappa shape index (κ3) is 8.16. The molecule has 0 atom stereocenters. The second-order valence-electron chi connectivity index (χ2n) is 28.1. The number of anilines is 3. The summed E-state index contributed by atoms with van der Waals surface area (Å²) in [5.74, 6) is 1.73. The Morgan fingerprint density at radius 3 is 1.40 bits per heavy atom. The fraction of sp³-hybridized carbons (Fsp3) is 0.143. The van der Waals surface area contributed by atoms with Gasteiger partial charge in [-0.1, -0.05) is 220 Å². The lowest BCUT2D eigenvalue weighted by Crippen LogP contribution is -2.59. The minimum atomic E-state index is -0.222. The number of benzene rings is 12. The summed E-state index contributed by atoms with van der Waals surface area (Å²) in [4.78, 5) is 2.54. The molecule has 0 aliphatic carbocycles. The van der Waals surface area contributed by atoms with E-state index in [4.69, 9.17) is 4.74 Å². The predicted molar refractivity (Wildman–Crippen MR) is 382 cm³/mol. The highest BCUT2D eigenvalue weighted by atomic mass is 16.5. The standard InChI is InChI=1S/C84H69BN4O/c1-82(2,3)54-39-44-73-64(47-54)65-48-55(83(4,5)6)40-45-74(65)86(73)57-41-43-67-79(51-57)90-78-37-23-36-75-80(78)85(67)66-42-38-53(46-76(66)88(75)68-31-18-13-26-58(68)52-24-11-10-12-25-52)63-49-56(84(7,8)9)50-77(87-69-32-19-14-27-59(69)60-28-15-20-33-70(60)87)81(63)89-71-34-21-16-29-61(71)62-30-17-22-35-72(62)89/h10-51H,1-9H3. The monoisotopic (exact) mass is 1160 g/mol. The molecular formula is C84H69BN4O. The van der Waals surface area contributed by atoms with Gasteiger partial charge in [-0.25, -0.2) is 0 Å². The summed E-state index contributed by atoms with van der Waals surface area (Å²) >= 11 is 0. The Kier molecular flexibility index (Phi) is 11.7. The first-order valence-corrected chi connectivity index (χ1v) is 31.9. The van der Waals surface area contributed by atoms with Gasteiger partial charge in [0.1, 0.15) is 11.5 Å². The molecule has 2 aliphatic rings. The van der Waals surface area contributed by atoms with Crippen molar-refractivity contribution in [1.29, 1.82) is 0 Å². The fourth-order valence-electron chi connectivity index (χ4n) is 15.0. The Labute approximate surface area is 526 Å². The van der Waals surface area contributed by atoms with E-state index < -0.39 is 0 Å². The van der Waals surface area contributed by atoms with Crippen molar-refractivity contribution in [1.82, 2.24) is 13.7 Å². The summed E-state index contributed by atoms with van der Waals surface area (Å²) in [6, 6.07) is 95.8. The molecule has 0 unspecified atom stereocenters. The summed E-state index contributed by atoms with van der Waals surface area (Å²) in [5.41, 5.74) is 25.4. The molecule has 0 N–H and O–H groups in total. The zero-order chi connectivity index (χ0) is 61.1. The topological polar surface area (TPSA) is 27.3 Å². The van der Waals surface area contributed by atoms with E-state index in [2.05, 4.69) is 336 Å². The van der Waals surface area contributed by atoms with E-state index >= 15 is 0 Å². The molecule has 0 spiro atoms. The van der Waals surface area contributed by atoms with Crippen LogP contribution >= 0.6 is 0 Å². The largest absolute Gasteiger partial charge is 0.458 e. The smallest absolute Gasteiger partial charge is 0.256 e. The lowest BCUT2D eigenvalue weighted by atomic mass is 9.34. The first-order chi connectivity index (χ1) is 43.6. The third-order valence-corrected chi connectivity index (χ3v) is 19.6. The number of rotatable bonds is 6. The lowest BCUT2D eigenvalue weighted by molar-refractivity contribution is 0.487. The molecule has 6 heteroatoms. The Bertz CT molecular complexity index is 5300. The van der Waals surface area contributed by atoms with E-state index in [1.807, 2.05) is 0 Å². The van der Waals surface area contributed by atoms with Crippen LogP contribution in [0.4, 0.5) is 17.1 Å². The molecule has 434 valence electrons. The van der Waals surface area contributed by atoms with Crippen molar-refractivity contribution in [3.05, 3.63) is 271 Å². The molecule has 0 amide bonds. The van der Waals surface area contributed by atoms with E-state index in [9.17, 15) is 0 Å². The minimum Gasteiger partial charge on any atom is -0.458 e. The number of hydrogen-bond acceptors (Lipinski definition) is 2. The van der Waals surface area contributed by atoms with Gasteiger partial charge < -0.3 is 23.3 Å². The first kappa shape index (κ1) is 53.9. The molecule has 0 bridgehead atoms. The van der Waals surface area contributed by atoms with Crippen molar-refractivity contribution in [2.75, 3.05) is 4.90 Å². The second kappa shape index (κ2) is 19.6. The van der Waals surface area contributed by atoms with Crippen LogP contribution in [0.1, 0.15) is 79.0 Å². The zero-order valence-corrected chi connectivity index (χ0v) is 52.5. The molecule has 5 heterocycles. The van der Waals surface area contributed by atoms with E-state index in [-0.39, 0.29) is 23.0 Å². The number of nitrogens with zero attached hydrogens (tertiary/aromatic N) is 4. The second-order valence-corrected chi connectivity index (χ2v) is 28.1. The molecule has 15 aromatic rings. The van der Waals surface area contributed by atoms with Gasteiger partial charge in [-0.15, -0.1) is 0 Å². The molecule has 17 rings (SSSR count). The SMILES string of the molecule is CC(C)(C)c1cc(-c2ccc3c(c2)N(c2ccccc2-c2ccccc2)c2cccc4c2B3c2ccc(-n3c5ccc(C(C)(C)C)cc5c5cc(C(C)(C)C)ccc53)cc2O4)c(-n2c3ccccc3c3ccccc32)c(-n2c3ccccc3c3ccccc32)c1. The Balaban J connectivity index is 0.945. The summed E-state index contributed by atoms with van der Waals surface area (Å²) in [6.07, 6.45) is 0. The van der Waals surface area contributed by atoms with Gasteiger partial charge in [0.25, 0.3) is 6.71 Å². The Hall–Kier alpha value is -10.3. The van der Waals surface area contributed by atoms with Gasteiger partial charge in [0.05, 0.1) is 50.2 Å². The molecule has 90 heavy (non-hydrogen) atoms. The fourth-order valence-corrected chi connectivity index (χ4v) is 15.0. The molecule has 5 nitrogen and oxygen atoms in total. The number of para-hydroxylation sites is 5. The van der Waals surface area contributed by atoms with Crippen molar-refractivity contribution < 1.29 is 4.74 Å². The summed E-state index contributed by atoms with van der Waals surface area (Å²) < 4.78 is 14.9. The quantitative estimate of drug-likeness (QED) is 0.155. The summed E-state index contributed by atoms with van der Waals surface area (Å²) in [7, 11) is 0. The van der Waals surface area contributed by atoms with Crippen LogP contribution in [-0.4, -0.2) is 20.4 Å². The van der Waals surface area contributed by atoms with Crippen LogP contribution in [0, 0.1) is 0 Å². The van der Waals surface area contributed by atoms with Crippen molar-refractivity contribution in [2.24, 2.45) is 0 Å². The normalized spacial score (nSPS) is 13.2. The van der Waals surface area contributed by atoms with Gasteiger partial charge >= 0.3 is 0 Å². The van der Waals surface area contributed by atoms with Crippen molar-refractivity contribution in [3.8, 4) is 50.8 Å². The Morgan fingerprint density at radius 1 is 0.300 bits per heavy atom. The maximum absolute atomic E-state index is 7.36. The highest BCUT2D eigenvalue weighted by Crippen LogP contribution is 2.49. The van der Waals surface area contributed by atoms with Crippen LogP contribution < -0.4 is 26.0 Å². The van der Waals surface area contributed by atoms with Crippen LogP contribution in [0.15, 0.2) is 255 Å². The molecular weight excluding hydrogens is 1090 g/mol. The maximum Gasteiger partial charge on any atom is 0.256 e. The summed E-state index contributed by atoms with van der Waals surface area (Å²) in [5, 5.41) is 7.43. The Morgan fingerprint density at radius 2 is 0.811 bits per heavy atom. The van der Waals surface area contributed by atoms with Gasteiger partial charge in [-0.3, -0.25) is 0 Å². The first-order valence-electron chi connectivity index (χ1n) is 31.9. The van der Waals surface area contributed by atoms with Gasteiger partial charge in [0.15, 0.2) is 0 Å². The molecule has 0 fully saturated rings. The van der Waals surface area contributed by atoms with Crippen LogP contribution in [0.5, 0.6) is 11.5 Å². The molecule has 3 aromatic heterocycles. The molecule has 0 saturated carbocycles. The average molecular weight is 1160 g/mol. The van der Waals surface area contributed by atoms with E-state index in [0.29, 0.717) is 0 Å². The van der Waals surface area contributed by atoms with E-state index in [0.717, 1.165) is 89.8 Å². The molecule has 0 saturated heterocycles. The van der Waals surface area contributed by atoms with Crippen molar-refractivity contribution in [3.63, 3.8) is 0 Å². The van der Waals surface area contributed by atoms with Crippen LogP contribution in [0.2, 0.25) is 0 Å². The molecule has 0 radical (unpaired) electrons. The number of ether oxygens (including phenoxy) is 1. The van der Waals surface area contributed by atoms with E-state index in [1.54, 1.807) is 0 Å². The zero-order valence-electron chi connectivity index (χ0n) is 52.5. The van der Waals surface area contributed by atoms with Gasteiger partial charge in [-0.2, -0.15) is 0 Å².